The van der Waals surface area contributed by atoms with Crippen LogP contribution < -0.4 is 0 Å². The van der Waals surface area contributed by atoms with E-state index in [1.165, 1.54) is 35.1 Å². The predicted octanol–water partition coefficient (Wildman–Crippen LogP) is 6.47. The van der Waals surface area contributed by atoms with Crippen molar-refractivity contribution in [3.05, 3.63) is 68.8 Å². The number of hydrogen-bond donors (Lipinski definition) is 0. The largest absolute Gasteiger partial charge is 0.0620 e. The molecule has 0 heteroatoms. The minimum absolute atomic E-state index is 0.149. The molecule has 0 aromatic heterocycles. The first-order valence-electron chi connectivity index (χ1n) is 9.78. The van der Waals surface area contributed by atoms with E-state index in [9.17, 15) is 0 Å². The smallest absolute Gasteiger partial charge is 0.0273 e. The molecule has 2 aromatic carbocycles. The van der Waals surface area contributed by atoms with E-state index in [-0.39, 0.29) is 16.2 Å². The first-order valence-corrected chi connectivity index (χ1v) is 9.78. The molecule has 0 amide bonds. The fourth-order valence-electron chi connectivity index (χ4n) is 6.31. The number of fused-ring (bicyclic) bond motifs is 4. The van der Waals surface area contributed by atoms with Gasteiger partial charge in [0.1, 0.15) is 0 Å². The molecule has 2 aliphatic rings. The van der Waals surface area contributed by atoms with Crippen LogP contribution in [-0.4, -0.2) is 0 Å². The van der Waals surface area contributed by atoms with Gasteiger partial charge in [0.15, 0.2) is 0 Å². The Morgan fingerprint density at radius 1 is 0.720 bits per heavy atom. The van der Waals surface area contributed by atoms with Gasteiger partial charge in [-0.15, -0.1) is 0 Å². The lowest BCUT2D eigenvalue weighted by atomic mass is 9.55. The maximum atomic E-state index is 2.53. The molecule has 0 heterocycles. The van der Waals surface area contributed by atoms with Crippen LogP contribution in [0.25, 0.3) is 0 Å². The first kappa shape index (κ1) is 16.9. The second kappa shape index (κ2) is 4.78. The lowest BCUT2D eigenvalue weighted by Crippen LogP contribution is -2.45. The van der Waals surface area contributed by atoms with Crippen LogP contribution >= 0.6 is 0 Å². The third-order valence-electron chi connectivity index (χ3n) is 8.62. The van der Waals surface area contributed by atoms with Crippen LogP contribution in [0.15, 0.2) is 24.3 Å². The van der Waals surface area contributed by atoms with E-state index in [4.69, 9.17) is 0 Å². The van der Waals surface area contributed by atoms with Crippen molar-refractivity contribution in [2.24, 2.45) is 5.41 Å². The summed E-state index contributed by atoms with van der Waals surface area (Å²) >= 11 is 0. The van der Waals surface area contributed by atoms with Gasteiger partial charge in [0.2, 0.25) is 0 Å². The molecular weight excluding hydrogens is 300 g/mol. The summed E-state index contributed by atoms with van der Waals surface area (Å²) in [4.78, 5) is 0. The van der Waals surface area contributed by atoms with Crippen molar-refractivity contribution in [3.63, 3.8) is 0 Å². The Labute approximate surface area is 153 Å². The van der Waals surface area contributed by atoms with Crippen LogP contribution in [0.5, 0.6) is 0 Å². The molecule has 25 heavy (non-hydrogen) atoms. The summed E-state index contributed by atoms with van der Waals surface area (Å²) in [7, 11) is 0. The number of hydrogen-bond acceptors (Lipinski definition) is 0. The molecule has 132 valence electrons. The van der Waals surface area contributed by atoms with Gasteiger partial charge in [-0.1, -0.05) is 52.0 Å². The molecule has 0 saturated carbocycles. The highest BCUT2D eigenvalue weighted by molar-refractivity contribution is 5.67. The number of aryl methyl sites for hydroxylation is 1. The summed E-state index contributed by atoms with van der Waals surface area (Å²) in [5.74, 6) is 0. The Kier molecular flexibility index (Phi) is 3.23. The van der Waals surface area contributed by atoms with Gasteiger partial charge in [-0.2, -0.15) is 0 Å². The van der Waals surface area contributed by atoms with Crippen molar-refractivity contribution in [1.82, 2.24) is 0 Å². The summed E-state index contributed by atoms with van der Waals surface area (Å²) < 4.78 is 0. The highest BCUT2D eigenvalue weighted by Crippen LogP contribution is 2.69. The van der Waals surface area contributed by atoms with Crippen LogP contribution in [-0.2, 0) is 17.3 Å². The summed E-state index contributed by atoms with van der Waals surface area (Å²) in [6.45, 7) is 19.4. The van der Waals surface area contributed by atoms with Crippen LogP contribution in [0.2, 0.25) is 0 Å². The van der Waals surface area contributed by atoms with Crippen LogP contribution in [0, 0.1) is 33.1 Å². The Bertz CT molecular complexity index is 895. The topological polar surface area (TPSA) is 0 Å². The fourth-order valence-corrected chi connectivity index (χ4v) is 6.31. The SMILES string of the molecule is Cc1c(C)c(C)c2c(c1C)C(C)(C)C(C)(C)C21CCc2ccccc21. The van der Waals surface area contributed by atoms with E-state index in [1.54, 1.807) is 22.3 Å². The summed E-state index contributed by atoms with van der Waals surface area (Å²) in [6.07, 6.45) is 2.46. The average molecular weight is 333 g/mol. The number of benzene rings is 2. The molecule has 2 aliphatic carbocycles. The summed E-state index contributed by atoms with van der Waals surface area (Å²) in [5, 5.41) is 0. The van der Waals surface area contributed by atoms with Crippen molar-refractivity contribution < 1.29 is 0 Å². The maximum Gasteiger partial charge on any atom is 0.0273 e. The van der Waals surface area contributed by atoms with Gasteiger partial charge in [-0.3, -0.25) is 0 Å². The van der Waals surface area contributed by atoms with E-state index >= 15 is 0 Å². The van der Waals surface area contributed by atoms with Gasteiger partial charge in [0.25, 0.3) is 0 Å². The van der Waals surface area contributed by atoms with Gasteiger partial charge in [-0.05, 0) is 95.9 Å². The number of rotatable bonds is 0. The second-order valence-electron chi connectivity index (χ2n) is 9.56. The van der Waals surface area contributed by atoms with Crippen LogP contribution in [0.3, 0.4) is 0 Å². The van der Waals surface area contributed by atoms with Gasteiger partial charge in [0, 0.05) is 5.41 Å². The van der Waals surface area contributed by atoms with E-state index in [0.29, 0.717) is 0 Å². The van der Waals surface area contributed by atoms with Crippen LogP contribution in [0.4, 0.5) is 0 Å². The van der Waals surface area contributed by atoms with E-state index in [0.717, 1.165) is 0 Å². The normalized spacial score (nSPS) is 25.3. The molecule has 0 aliphatic heterocycles. The third-order valence-corrected chi connectivity index (χ3v) is 8.62. The highest BCUT2D eigenvalue weighted by Gasteiger charge is 2.64. The average Bonchev–Trinajstić information content (AvgIpc) is 3.01. The van der Waals surface area contributed by atoms with Crippen molar-refractivity contribution in [1.29, 1.82) is 0 Å². The van der Waals surface area contributed by atoms with Gasteiger partial charge in [-0.25, -0.2) is 0 Å². The van der Waals surface area contributed by atoms with Gasteiger partial charge in [0.05, 0.1) is 0 Å². The minimum atomic E-state index is 0.149. The lowest BCUT2D eigenvalue weighted by Gasteiger charge is -2.47. The first-order chi connectivity index (χ1) is 11.6. The van der Waals surface area contributed by atoms with Crippen molar-refractivity contribution in [2.75, 3.05) is 0 Å². The standard InChI is InChI=1S/C25H32/c1-15-16(2)18(4)22-21(17(15)3)23(5,6)24(7,8)25(22)14-13-19-11-9-10-12-20(19)25/h9-12H,13-14H2,1-8H3. The molecule has 2 aromatic rings. The second-order valence-corrected chi connectivity index (χ2v) is 9.56. The van der Waals surface area contributed by atoms with Gasteiger partial charge >= 0.3 is 0 Å². The molecule has 0 fully saturated rings. The molecule has 0 bridgehead atoms. The molecule has 0 saturated heterocycles. The summed E-state index contributed by atoms with van der Waals surface area (Å²) in [6, 6.07) is 9.23. The molecule has 0 nitrogen and oxygen atoms in total. The molecule has 0 N–H and O–H groups in total. The highest BCUT2D eigenvalue weighted by atomic mass is 14.7. The molecule has 1 unspecified atom stereocenters. The quantitative estimate of drug-likeness (QED) is 0.518. The molecule has 1 atom stereocenters. The Morgan fingerprint density at radius 3 is 1.92 bits per heavy atom. The molecular formula is C25H32. The zero-order valence-electron chi connectivity index (χ0n) is 17.2. The van der Waals surface area contributed by atoms with Crippen molar-refractivity contribution in [2.45, 2.75) is 79.1 Å². The maximum absolute atomic E-state index is 2.53. The monoisotopic (exact) mass is 332 g/mol. The summed E-state index contributed by atoms with van der Waals surface area (Å²) in [5.41, 5.74) is 13.0. The Balaban J connectivity index is 2.22. The van der Waals surface area contributed by atoms with E-state index < -0.39 is 0 Å². The third kappa shape index (κ3) is 1.65. The Morgan fingerprint density at radius 2 is 1.28 bits per heavy atom. The van der Waals surface area contributed by atoms with E-state index in [1.807, 2.05) is 0 Å². The predicted molar refractivity (Wildman–Crippen MR) is 108 cm³/mol. The minimum Gasteiger partial charge on any atom is -0.0620 e. The molecule has 1 spiro atoms. The fraction of sp³-hybridized carbons (Fsp3) is 0.520. The molecule has 0 radical (unpaired) electrons. The van der Waals surface area contributed by atoms with Crippen molar-refractivity contribution >= 4 is 0 Å². The zero-order chi connectivity index (χ0) is 18.4. The van der Waals surface area contributed by atoms with E-state index in [2.05, 4.69) is 79.7 Å². The zero-order valence-corrected chi connectivity index (χ0v) is 17.2. The molecule has 4 rings (SSSR count). The van der Waals surface area contributed by atoms with Gasteiger partial charge < -0.3 is 0 Å². The van der Waals surface area contributed by atoms with Crippen molar-refractivity contribution in [3.8, 4) is 0 Å². The Hall–Kier alpha value is -1.56. The lowest BCUT2D eigenvalue weighted by molar-refractivity contribution is 0.127. The van der Waals surface area contributed by atoms with Crippen LogP contribution in [0.1, 0.15) is 78.6 Å².